The van der Waals surface area contributed by atoms with E-state index in [1.807, 2.05) is 13.0 Å². The van der Waals surface area contributed by atoms with Crippen LogP contribution >= 0.6 is 0 Å². The van der Waals surface area contributed by atoms with E-state index in [1.165, 1.54) is 0 Å². The maximum Gasteiger partial charge on any atom is 0.230 e. The average molecular weight is 115 g/mol. The number of hydrogen-bond acceptors (Lipinski definition) is 2. The minimum Gasteiger partial charge on any atom is -0.277 e. The van der Waals surface area contributed by atoms with Crippen LogP contribution in [-0.2, 0) is 9.63 Å². The molecule has 0 radical (unpaired) electrons. The molecule has 1 amide bonds. The smallest absolute Gasteiger partial charge is 0.230 e. The Kier molecular flexibility index (Phi) is 5.53. The van der Waals surface area contributed by atoms with Crippen LogP contribution in [0.15, 0.2) is 12.2 Å². The molecule has 0 aromatic rings. The topological polar surface area (TPSA) is 38.3 Å². The third-order valence-electron chi connectivity index (χ3n) is 0.547. The van der Waals surface area contributed by atoms with Gasteiger partial charge >= 0.3 is 0 Å². The van der Waals surface area contributed by atoms with Gasteiger partial charge in [-0.3, -0.25) is 9.63 Å². The van der Waals surface area contributed by atoms with Gasteiger partial charge in [0.1, 0.15) is 0 Å². The first kappa shape index (κ1) is 7.17. The van der Waals surface area contributed by atoms with Gasteiger partial charge in [0, 0.05) is 0 Å². The van der Waals surface area contributed by atoms with Gasteiger partial charge in [0.15, 0.2) is 0 Å². The van der Waals surface area contributed by atoms with E-state index in [0.717, 1.165) is 0 Å². The second-order valence-electron chi connectivity index (χ2n) is 1.12. The minimum atomic E-state index is 0.426. The van der Waals surface area contributed by atoms with Crippen molar-refractivity contribution in [3.63, 3.8) is 0 Å². The monoisotopic (exact) mass is 115 g/mol. The lowest BCUT2D eigenvalue weighted by molar-refractivity contribution is -0.119. The van der Waals surface area contributed by atoms with E-state index >= 15 is 0 Å². The van der Waals surface area contributed by atoms with E-state index < -0.39 is 0 Å². The highest BCUT2D eigenvalue weighted by atomic mass is 16.6. The maximum absolute atomic E-state index is 9.51. The Hall–Kier alpha value is -0.830. The van der Waals surface area contributed by atoms with Gasteiger partial charge in [0.2, 0.25) is 6.41 Å². The summed E-state index contributed by atoms with van der Waals surface area (Å²) in [5.41, 5.74) is 2.05. The Bertz CT molecular complexity index is 80.5. The number of rotatable bonds is 4. The van der Waals surface area contributed by atoms with Crippen molar-refractivity contribution in [3.8, 4) is 0 Å². The summed E-state index contributed by atoms with van der Waals surface area (Å²) in [4.78, 5) is 14.0. The predicted molar refractivity (Wildman–Crippen MR) is 30.0 cm³/mol. The summed E-state index contributed by atoms with van der Waals surface area (Å²) >= 11 is 0. The van der Waals surface area contributed by atoms with Gasteiger partial charge in [-0.05, 0) is 6.92 Å². The fraction of sp³-hybridized carbons (Fsp3) is 0.400. The van der Waals surface area contributed by atoms with Gasteiger partial charge in [-0.15, -0.1) is 0 Å². The van der Waals surface area contributed by atoms with Gasteiger partial charge in [0.05, 0.1) is 6.61 Å². The highest BCUT2D eigenvalue weighted by Gasteiger charge is 1.72. The van der Waals surface area contributed by atoms with Crippen molar-refractivity contribution in [3.05, 3.63) is 12.2 Å². The fourth-order valence-electron chi connectivity index (χ4n) is 0.226. The summed E-state index contributed by atoms with van der Waals surface area (Å²) in [6.45, 7) is 2.31. The van der Waals surface area contributed by atoms with E-state index in [4.69, 9.17) is 0 Å². The Morgan fingerprint density at radius 1 is 1.75 bits per heavy atom. The van der Waals surface area contributed by atoms with E-state index in [9.17, 15) is 4.79 Å². The molecule has 0 heterocycles. The first-order chi connectivity index (χ1) is 3.91. The number of allylic oxidation sites excluding steroid dienone is 1. The van der Waals surface area contributed by atoms with Gasteiger partial charge in [0.25, 0.3) is 0 Å². The van der Waals surface area contributed by atoms with Gasteiger partial charge in [-0.1, -0.05) is 12.2 Å². The fourth-order valence-corrected chi connectivity index (χ4v) is 0.226. The summed E-state index contributed by atoms with van der Waals surface area (Å²) in [6, 6.07) is 0. The molecule has 0 spiro atoms. The molecule has 0 saturated carbocycles. The van der Waals surface area contributed by atoms with Crippen molar-refractivity contribution < 1.29 is 9.63 Å². The molecule has 46 valence electrons. The summed E-state index contributed by atoms with van der Waals surface area (Å²) in [5, 5.41) is 0. The average Bonchev–Trinajstić information content (AvgIpc) is 1.81. The molecule has 8 heavy (non-hydrogen) atoms. The molecule has 0 fully saturated rings. The Morgan fingerprint density at radius 2 is 2.50 bits per heavy atom. The summed E-state index contributed by atoms with van der Waals surface area (Å²) < 4.78 is 0. The second-order valence-corrected chi connectivity index (χ2v) is 1.12. The van der Waals surface area contributed by atoms with Gasteiger partial charge < -0.3 is 0 Å². The molecule has 0 aromatic carbocycles. The first-order valence-electron chi connectivity index (χ1n) is 2.34. The zero-order valence-electron chi connectivity index (χ0n) is 4.76. The van der Waals surface area contributed by atoms with Crippen molar-refractivity contribution in [2.75, 3.05) is 6.61 Å². The predicted octanol–water partition coefficient (Wildman–Crippen LogP) is 0.240. The molecule has 3 heteroatoms. The van der Waals surface area contributed by atoms with Crippen LogP contribution in [0.3, 0.4) is 0 Å². The molecule has 0 aromatic heterocycles. The molecule has 0 aliphatic heterocycles. The molecule has 3 nitrogen and oxygen atoms in total. The van der Waals surface area contributed by atoms with E-state index in [-0.39, 0.29) is 0 Å². The Labute approximate surface area is 48.3 Å². The molecule has 0 unspecified atom stereocenters. The number of hydrogen-bond donors (Lipinski definition) is 1. The Balaban J connectivity index is 2.82. The van der Waals surface area contributed by atoms with Crippen LogP contribution < -0.4 is 5.48 Å². The number of hydroxylamine groups is 1. The lowest BCUT2D eigenvalue weighted by atomic mass is 10.6. The maximum atomic E-state index is 9.51. The quantitative estimate of drug-likeness (QED) is 0.247. The number of nitrogens with one attached hydrogen (secondary N) is 1. The third-order valence-corrected chi connectivity index (χ3v) is 0.547. The lowest BCUT2D eigenvalue weighted by Gasteiger charge is -1.91. The van der Waals surface area contributed by atoms with Crippen LogP contribution in [0.1, 0.15) is 6.92 Å². The molecule has 1 N–H and O–H groups in total. The molecule has 0 aliphatic carbocycles. The summed E-state index contributed by atoms with van der Waals surface area (Å²) in [7, 11) is 0. The lowest BCUT2D eigenvalue weighted by Crippen LogP contribution is -2.10. The van der Waals surface area contributed by atoms with Crippen LogP contribution in [0.4, 0.5) is 0 Å². The SMILES string of the molecule is CC=CCONC=O. The molecule has 0 bridgehead atoms. The summed E-state index contributed by atoms with van der Waals surface area (Å²) in [6.07, 6.45) is 4.12. The third kappa shape index (κ3) is 5.17. The molecule has 0 saturated heterocycles. The number of carbonyl (C=O) groups is 1. The standard InChI is InChI=1S/C5H9NO2/c1-2-3-4-8-6-5-7/h2-3,5H,4H2,1H3,(H,6,7). The normalized spacial score (nSPS) is 9.62. The van der Waals surface area contributed by atoms with Crippen LogP contribution in [0.5, 0.6) is 0 Å². The Morgan fingerprint density at radius 3 is 3.00 bits per heavy atom. The molecule has 0 rings (SSSR count). The molecule has 0 atom stereocenters. The van der Waals surface area contributed by atoms with Gasteiger partial charge in [-0.25, -0.2) is 5.48 Å². The highest BCUT2D eigenvalue weighted by molar-refractivity contribution is 5.43. The first-order valence-corrected chi connectivity index (χ1v) is 2.34. The molecular weight excluding hydrogens is 106 g/mol. The van der Waals surface area contributed by atoms with Crippen molar-refractivity contribution in [1.82, 2.24) is 5.48 Å². The van der Waals surface area contributed by atoms with E-state index in [2.05, 4.69) is 10.3 Å². The number of carbonyl (C=O) groups excluding carboxylic acids is 1. The highest BCUT2D eigenvalue weighted by Crippen LogP contribution is 1.68. The zero-order chi connectivity index (χ0) is 6.24. The van der Waals surface area contributed by atoms with Gasteiger partial charge in [-0.2, -0.15) is 0 Å². The van der Waals surface area contributed by atoms with E-state index in [0.29, 0.717) is 13.0 Å². The van der Waals surface area contributed by atoms with Crippen LogP contribution in [0, 0.1) is 0 Å². The van der Waals surface area contributed by atoms with Crippen LogP contribution in [0.2, 0.25) is 0 Å². The number of amides is 1. The van der Waals surface area contributed by atoms with Crippen molar-refractivity contribution in [2.45, 2.75) is 6.92 Å². The summed E-state index contributed by atoms with van der Waals surface area (Å²) in [5.74, 6) is 0. The largest absolute Gasteiger partial charge is 0.277 e. The second kappa shape index (κ2) is 6.17. The van der Waals surface area contributed by atoms with Crippen molar-refractivity contribution in [2.24, 2.45) is 0 Å². The van der Waals surface area contributed by atoms with Crippen molar-refractivity contribution >= 4 is 6.41 Å². The van der Waals surface area contributed by atoms with Crippen molar-refractivity contribution in [1.29, 1.82) is 0 Å². The van der Waals surface area contributed by atoms with E-state index in [1.54, 1.807) is 6.08 Å². The zero-order valence-corrected chi connectivity index (χ0v) is 4.76. The van der Waals surface area contributed by atoms with Crippen LogP contribution in [0.25, 0.3) is 0 Å². The molecular formula is C5H9NO2. The molecule has 0 aliphatic rings. The van der Waals surface area contributed by atoms with Crippen LogP contribution in [-0.4, -0.2) is 13.0 Å². The minimum absolute atomic E-state index is 0.426.